The maximum absolute atomic E-state index is 13.3. The average Bonchev–Trinajstić information content (AvgIpc) is 2.65. The van der Waals surface area contributed by atoms with E-state index in [1.165, 1.54) is 24.3 Å². The Morgan fingerprint density at radius 2 is 1.50 bits per heavy atom. The van der Waals surface area contributed by atoms with E-state index in [4.69, 9.17) is 0 Å². The van der Waals surface area contributed by atoms with Gasteiger partial charge in [-0.1, -0.05) is 54.6 Å². The first-order chi connectivity index (χ1) is 12.5. The Labute approximate surface area is 151 Å². The largest absolute Gasteiger partial charge is 0.291 e. The Balaban J connectivity index is 1.88. The number of rotatable bonds is 6. The summed E-state index contributed by atoms with van der Waals surface area (Å²) in [5.74, 6) is -0.265. The lowest BCUT2D eigenvalue weighted by molar-refractivity contribution is -0.384. The van der Waals surface area contributed by atoms with Crippen LogP contribution in [-0.4, -0.2) is 16.9 Å². The Bertz CT molecular complexity index is 865. The fourth-order valence-electron chi connectivity index (χ4n) is 3.08. The zero-order valence-corrected chi connectivity index (χ0v) is 14.4. The smallest absolute Gasteiger partial charge is 0.269 e. The molecule has 0 heterocycles. The molecule has 3 aromatic carbocycles. The zero-order chi connectivity index (χ0) is 18.5. The van der Waals surface area contributed by atoms with E-state index in [1.54, 1.807) is 24.3 Å². The number of nitro benzene ring substituents is 1. The molecule has 4 nitrogen and oxygen atoms in total. The topological polar surface area (TPSA) is 46.4 Å². The lowest BCUT2D eigenvalue weighted by Crippen LogP contribution is -2.25. The normalized spacial score (nSPS) is 12.1. The monoisotopic (exact) mass is 350 g/mol. The molecule has 26 heavy (non-hydrogen) atoms. The lowest BCUT2D eigenvalue weighted by Gasteiger charge is -2.29. The van der Waals surface area contributed by atoms with Crippen molar-refractivity contribution in [1.29, 1.82) is 0 Å². The molecule has 5 heteroatoms. The van der Waals surface area contributed by atoms with Crippen molar-refractivity contribution >= 4 is 5.69 Å². The Kier molecular flexibility index (Phi) is 5.39. The van der Waals surface area contributed by atoms with Gasteiger partial charge in [-0.15, -0.1) is 0 Å². The summed E-state index contributed by atoms with van der Waals surface area (Å²) in [4.78, 5) is 12.5. The highest BCUT2D eigenvalue weighted by molar-refractivity contribution is 5.34. The van der Waals surface area contributed by atoms with Gasteiger partial charge in [-0.25, -0.2) is 4.39 Å². The van der Waals surface area contributed by atoms with E-state index in [0.717, 1.165) is 16.7 Å². The van der Waals surface area contributed by atoms with Crippen LogP contribution in [0.2, 0.25) is 0 Å². The maximum atomic E-state index is 13.3. The highest BCUT2D eigenvalue weighted by Crippen LogP contribution is 2.29. The molecular weight excluding hydrogens is 331 g/mol. The number of hydrogen-bond donors (Lipinski definition) is 0. The summed E-state index contributed by atoms with van der Waals surface area (Å²) >= 11 is 0. The molecule has 0 unspecified atom stereocenters. The van der Waals surface area contributed by atoms with E-state index in [1.807, 2.05) is 37.4 Å². The second kappa shape index (κ2) is 7.89. The van der Waals surface area contributed by atoms with Gasteiger partial charge in [-0.2, -0.15) is 0 Å². The van der Waals surface area contributed by atoms with E-state index < -0.39 is 4.92 Å². The summed E-state index contributed by atoms with van der Waals surface area (Å²) < 4.78 is 13.3. The van der Waals surface area contributed by atoms with Crippen LogP contribution in [-0.2, 0) is 6.54 Å². The first-order valence-electron chi connectivity index (χ1n) is 8.28. The molecule has 0 fully saturated rings. The molecule has 1 atom stereocenters. The van der Waals surface area contributed by atoms with Gasteiger partial charge in [0.15, 0.2) is 0 Å². The zero-order valence-electron chi connectivity index (χ0n) is 14.4. The average molecular weight is 350 g/mol. The molecule has 0 N–H and O–H groups in total. The van der Waals surface area contributed by atoms with Crippen molar-refractivity contribution in [3.8, 4) is 0 Å². The van der Waals surface area contributed by atoms with Crippen LogP contribution in [0, 0.1) is 15.9 Å². The van der Waals surface area contributed by atoms with Crippen molar-refractivity contribution in [3.05, 3.63) is 111 Å². The molecular formula is C21H19FN2O2. The Morgan fingerprint density at radius 3 is 2.08 bits per heavy atom. The van der Waals surface area contributed by atoms with Gasteiger partial charge in [0.05, 0.1) is 11.0 Å². The molecule has 0 aliphatic carbocycles. The van der Waals surface area contributed by atoms with Crippen LogP contribution in [0.25, 0.3) is 0 Å². The van der Waals surface area contributed by atoms with Crippen molar-refractivity contribution in [2.75, 3.05) is 7.05 Å². The molecule has 3 aromatic rings. The second-order valence-corrected chi connectivity index (χ2v) is 6.20. The standard InChI is InChI=1S/C21H19FN2O2/c1-23(15-16-7-13-20(14-8-16)24(25)26)21(17-5-3-2-4-6-17)18-9-11-19(22)12-10-18/h2-14,21H,15H2,1H3/t21-/m1/s1. The van der Waals surface area contributed by atoms with Gasteiger partial charge in [-0.3, -0.25) is 15.0 Å². The number of hydrogen-bond acceptors (Lipinski definition) is 3. The fraction of sp³-hybridized carbons (Fsp3) is 0.143. The minimum absolute atomic E-state index is 0.0491. The predicted octanol–water partition coefficient (Wildman–Crippen LogP) is 4.96. The van der Waals surface area contributed by atoms with Crippen molar-refractivity contribution in [1.82, 2.24) is 4.90 Å². The van der Waals surface area contributed by atoms with Gasteiger partial charge in [0.1, 0.15) is 5.82 Å². The van der Waals surface area contributed by atoms with E-state index in [2.05, 4.69) is 4.90 Å². The van der Waals surface area contributed by atoms with Crippen molar-refractivity contribution in [3.63, 3.8) is 0 Å². The van der Waals surface area contributed by atoms with Crippen LogP contribution < -0.4 is 0 Å². The molecule has 0 aliphatic heterocycles. The van der Waals surface area contributed by atoms with Crippen LogP contribution in [0.15, 0.2) is 78.9 Å². The Morgan fingerprint density at radius 1 is 0.923 bits per heavy atom. The van der Waals surface area contributed by atoms with Crippen molar-refractivity contribution < 1.29 is 9.31 Å². The van der Waals surface area contributed by atoms with E-state index in [-0.39, 0.29) is 17.5 Å². The quantitative estimate of drug-likeness (QED) is 0.466. The molecule has 132 valence electrons. The maximum Gasteiger partial charge on any atom is 0.269 e. The number of nitrogens with zero attached hydrogens (tertiary/aromatic N) is 2. The number of nitro groups is 1. The molecule has 0 aromatic heterocycles. The van der Waals surface area contributed by atoms with E-state index >= 15 is 0 Å². The molecule has 0 radical (unpaired) electrons. The number of benzene rings is 3. The van der Waals surface area contributed by atoms with Crippen LogP contribution >= 0.6 is 0 Å². The van der Waals surface area contributed by atoms with Gasteiger partial charge in [-0.05, 0) is 35.9 Å². The van der Waals surface area contributed by atoms with Gasteiger partial charge < -0.3 is 0 Å². The third-order valence-corrected chi connectivity index (χ3v) is 4.32. The summed E-state index contributed by atoms with van der Waals surface area (Å²) in [5.41, 5.74) is 3.14. The van der Waals surface area contributed by atoms with E-state index in [9.17, 15) is 14.5 Å². The molecule has 0 saturated heterocycles. The van der Waals surface area contributed by atoms with Gasteiger partial charge in [0, 0.05) is 18.7 Å². The molecule has 0 spiro atoms. The molecule has 0 bridgehead atoms. The Hall–Kier alpha value is -3.05. The summed E-state index contributed by atoms with van der Waals surface area (Å²) in [6.45, 7) is 0.606. The molecule has 0 aliphatic rings. The van der Waals surface area contributed by atoms with Gasteiger partial charge in [0.25, 0.3) is 5.69 Å². The first-order valence-corrected chi connectivity index (χ1v) is 8.28. The summed E-state index contributed by atoms with van der Waals surface area (Å²) in [5, 5.41) is 10.8. The third-order valence-electron chi connectivity index (χ3n) is 4.32. The highest BCUT2D eigenvalue weighted by atomic mass is 19.1. The van der Waals surface area contributed by atoms with Crippen LogP contribution in [0.4, 0.5) is 10.1 Å². The molecule has 3 rings (SSSR count). The SMILES string of the molecule is CN(Cc1ccc([N+](=O)[O-])cc1)[C@H](c1ccccc1)c1ccc(F)cc1. The lowest BCUT2D eigenvalue weighted by atomic mass is 9.97. The minimum Gasteiger partial charge on any atom is -0.291 e. The van der Waals surface area contributed by atoms with Crippen LogP contribution in [0.5, 0.6) is 0 Å². The predicted molar refractivity (Wildman–Crippen MR) is 99.2 cm³/mol. The fourth-order valence-corrected chi connectivity index (χ4v) is 3.08. The summed E-state index contributed by atoms with van der Waals surface area (Å²) in [6.07, 6.45) is 0. The van der Waals surface area contributed by atoms with E-state index in [0.29, 0.717) is 6.54 Å². The molecule has 0 amide bonds. The summed E-state index contributed by atoms with van der Waals surface area (Å²) in [7, 11) is 1.99. The van der Waals surface area contributed by atoms with Crippen LogP contribution in [0.1, 0.15) is 22.7 Å². The molecule has 0 saturated carbocycles. The van der Waals surface area contributed by atoms with Gasteiger partial charge in [0.2, 0.25) is 0 Å². The first kappa shape index (κ1) is 17.8. The summed E-state index contributed by atoms with van der Waals surface area (Å²) in [6, 6.07) is 23.0. The second-order valence-electron chi connectivity index (χ2n) is 6.20. The number of halogens is 1. The van der Waals surface area contributed by atoms with Gasteiger partial charge >= 0.3 is 0 Å². The minimum atomic E-state index is -0.404. The number of non-ortho nitro benzene ring substituents is 1. The third kappa shape index (κ3) is 4.13. The van der Waals surface area contributed by atoms with Crippen LogP contribution in [0.3, 0.4) is 0 Å². The van der Waals surface area contributed by atoms with Crippen molar-refractivity contribution in [2.45, 2.75) is 12.6 Å². The van der Waals surface area contributed by atoms with Crippen molar-refractivity contribution in [2.24, 2.45) is 0 Å². The highest BCUT2D eigenvalue weighted by Gasteiger charge is 2.19.